The van der Waals surface area contributed by atoms with Crippen molar-refractivity contribution in [1.82, 2.24) is 29.0 Å². The fraction of sp³-hybridized carbons (Fsp3) is 0.314. The maximum Gasteiger partial charge on any atom is 0.416 e. The van der Waals surface area contributed by atoms with Crippen LogP contribution in [0.15, 0.2) is 65.6 Å². The van der Waals surface area contributed by atoms with Crippen LogP contribution in [0.3, 0.4) is 0 Å². The summed E-state index contributed by atoms with van der Waals surface area (Å²) in [5.41, 5.74) is -0.302. The average Bonchev–Trinajstić information content (AvgIpc) is 3.71. The molecule has 16 heteroatoms. The molecular formula is C35H32F3N7O6. The third-order valence-corrected chi connectivity index (χ3v) is 9.42. The van der Waals surface area contributed by atoms with Crippen LogP contribution in [0.4, 0.5) is 18.9 Å². The predicted octanol–water partition coefficient (Wildman–Crippen LogP) is 4.34. The highest BCUT2D eigenvalue weighted by atomic mass is 19.4. The summed E-state index contributed by atoms with van der Waals surface area (Å²) >= 11 is 0. The van der Waals surface area contributed by atoms with E-state index >= 15 is 0 Å². The van der Waals surface area contributed by atoms with Gasteiger partial charge in [-0.2, -0.15) is 22.7 Å². The summed E-state index contributed by atoms with van der Waals surface area (Å²) in [6.07, 6.45) is -3.40. The first-order chi connectivity index (χ1) is 24.3. The van der Waals surface area contributed by atoms with Crippen molar-refractivity contribution in [2.45, 2.75) is 57.7 Å². The number of benzene rings is 2. The maximum absolute atomic E-state index is 14.3. The standard InChI is InChI=1S/C35H32F3N7O6/c1-19-16-23(35(36,37)38)9-10-24(19)40-27(48)17-44-25-18-51-34(11-14-43(15-12-34)32(50)29-26(47)4-3-13-39-29)28(25)31(49)45-33(44)41-30(42-45)22-7-5-21(6-8-22)20(2)46/h3-10,13,16,20,46-47H,11-12,14-15,17-18H2,1-2H3,(H,40,48)/t20-/m1/s1. The molecule has 0 unspecified atom stereocenters. The van der Waals surface area contributed by atoms with Crippen molar-refractivity contribution >= 4 is 23.3 Å². The van der Waals surface area contributed by atoms with Gasteiger partial charge in [-0.05, 0) is 68.1 Å². The smallest absolute Gasteiger partial charge is 0.416 e. The van der Waals surface area contributed by atoms with Gasteiger partial charge >= 0.3 is 6.18 Å². The molecule has 0 bridgehead atoms. The number of aliphatic hydroxyl groups is 1. The number of likely N-dealkylation sites (tertiary alicyclic amines) is 1. The van der Waals surface area contributed by atoms with E-state index in [-0.39, 0.29) is 78.9 Å². The quantitative estimate of drug-likeness (QED) is 0.234. The van der Waals surface area contributed by atoms with Crippen LogP contribution in [0.5, 0.6) is 5.75 Å². The van der Waals surface area contributed by atoms with Crippen LogP contribution in [-0.4, -0.2) is 64.2 Å². The number of hydrogen-bond acceptors (Lipinski definition) is 9. The lowest BCUT2D eigenvalue weighted by Crippen LogP contribution is -2.47. The average molecular weight is 704 g/mol. The zero-order chi connectivity index (χ0) is 36.2. The van der Waals surface area contributed by atoms with Crippen LogP contribution >= 0.6 is 0 Å². The number of rotatable bonds is 6. The van der Waals surface area contributed by atoms with Gasteiger partial charge in [0.25, 0.3) is 11.5 Å². The third-order valence-electron chi connectivity index (χ3n) is 9.42. The lowest BCUT2D eigenvalue weighted by Gasteiger charge is -2.38. The molecule has 13 nitrogen and oxygen atoms in total. The Balaban J connectivity index is 1.26. The number of anilines is 1. The second-order valence-corrected chi connectivity index (χ2v) is 12.7. The Kier molecular flexibility index (Phi) is 8.38. The number of aryl methyl sites for hydroxylation is 1. The number of carbonyl (C=O) groups excluding carboxylic acids is 2. The Hall–Kier alpha value is -5.61. The molecule has 5 aromatic rings. The second-order valence-electron chi connectivity index (χ2n) is 12.7. The van der Waals surface area contributed by atoms with Crippen molar-refractivity contribution in [2.75, 3.05) is 18.4 Å². The maximum atomic E-state index is 14.3. The first-order valence-corrected chi connectivity index (χ1v) is 16.1. The number of alkyl halides is 3. The predicted molar refractivity (Wildman–Crippen MR) is 176 cm³/mol. The van der Waals surface area contributed by atoms with E-state index in [1.807, 2.05) is 0 Å². The van der Waals surface area contributed by atoms with Gasteiger partial charge in [-0.15, -0.1) is 5.10 Å². The van der Waals surface area contributed by atoms with Gasteiger partial charge in [0.1, 0.15) is 17.9 Å². The van der Waals surface area contributed by atoms with Crippen molar-refractivity contribution in [3.63, 3.8) is 0 Å². The first-order valence-electron chi connectivity index (χ1n) is 16.1. The number of aromatic nitrogens is 5. The van der Waals surface area contributed by atoms with E-state index in [1.54, 1.807) is 31.2 Å². The molecule has 51 heavy (non-hydrogen) atoms. The van der Waals surface area contributed by atoms with Crippen LogP contribution in [0.25, 0.3) is 17.2 Å². The summed E-state index contributed by atoms with van der Waals surface area (Å²) in [6.45, 7) is 3.00. The number of fused-ring (bicyclic) bond motifs is 3. The van der Waals surface area contributed by atoms with Crippen LogP contribution in [0.1, 0.15) is 64.3 Å². The molecule has 2 amide bonds. The van der Waals surface area contributed by atoms with Crippen LogP contribution < -0.4 is 10.9 Å². The summed E-state index contributed by atoms with van der Waals surface area (Å²) < 4.78 is 48.7. The number of halogens is 3. The zero-order valence-corrected chi connectivity index (χ0v) is 27.4. The molecule has 2 aromatic carbocycles. The van der Waals surface area contributed by atoms with E-state index < -0.39 is 40.8 Å². The van der Waals surface area contributed by atoms with E-state index in [0.717, 1.165) is 16.6 Å². The lowest BCUT2D eigenvalue weighted by atomic mass is 9.85. The van der Waals surface area contributed by atoms with Crippen LogP contribution in [0, 0.1) is 6.92 Å². The summed E-state index contributed by atoms with van der Waals surface area (Å²) in [5, 5.41) is 27.3. The molecule has 2 aliphatic heterocycles. The molecule has 5 heterocycles. The number of hydrogen-bond donors (Lipinski definition) is 3. The van der Waals surface area contributed by atoms with E-state index in [2.05, 4.69) is 20.4 Å². The number of ether oxygens (including phenoxy) is 1. The van der Waals surface area contributed by atoms with E-state index in [9.17, 15) is 37.8 Å². The molecule has 7 rings (SSSR count). The number of nitrogens with zero attached hydrogens (tertiary/aromatic N) is 6. The molecular weight excluding hydrogens is 671 g/mol. The van der Waals surface area contributed by atoms with Crippen molar-refractivity contribution in [3.05, 3.63) is 105 Å². The summed E-state index contributed by atoms with van der Waals surface area (Å²) in [7, 11) is 0. The third kappa shape index (κ3) is 6.10. The Morgan fingerprint density at radius 2 is 1.82 bits per heavy atom. The van der Waals surface area contributed by atoms with Crippen molar-refractivity contribution in [3.8, 4) is 17.1 Å². The molecule has 264 valence electrons. The van der Waals surface area contributed by atoms with Crippen LogP contribution in [0.2, 0.25) is 0 Å². The van der Waals surface area contributed by atoms with Crippen molar-refractivity contribution in [2.24, 2.45) is 0 Å². The molecule has 2 aliphatic rings. The number of nitrogens with one attached hydrogen (secondary N) is 1. The van der Waals surface area contributed by atoms with Gasteiger partial charge in [-0.1, -0.05) is 24.3 Å². The monoisotopic (exact) mass is 703 g/mol. The fourth-order valence-corrected chi connectivity index (χ4v) is 6.68. The van der Waals surface area contributed by atoms with E-state index in [0.29, 0.717) is 16.8 Å². The van der Waals surface area contributed by atoms with Gasteiger partial charge in [-0.3, -0.25) is 14.4 Å². The molecule has 1 spiro atoms. The Bertz CT molecular complexity index is 2240. The van der Waals surface area contributed by atoms with Gasteiger partial charge in [0, 0.05) is 30.5 Å². The number of piperidine rings is 1. The highest BCUT2D eigenvalue weighted by molar-refractivity contribution is 5.95. The number of aliphatic hydroxyl groups excluding tert-OH is 1. The largest absolute Gasteiger partial charge is 0.505 e. The highest BCUT2D eigenvalue weighted by Gasteiger charge is 2.48. The van der Waals surface area contributed by atoms with Gasteiger partial charge in [0.15, 0.2) is 11.5 Å². The van der Waals surface area contributed by atoms with Crippen molar-refractivity contribution in [1.29, 1.82) is 0 Å². The molecule has 0 aliphatic carbocycles. The fourth-order valence-electron chi connectivity index (χ4n) is 6.68. The van der Waals surface area contributed by atoms with Gasteiger partial charge in [-0.25, -0.2) is 4.98 Å². The number of amides is 2. The number of pyridine rings is 1. The SMILES string of the molecule is Cc1cc(C(F)(F)F)ccc1NC(=O)Cn1c2c(c(=O)n3nc(-c4ccc([C@@H](C)O)cc4)nc13)C1(CCN(C(=O)c3ncccc3O)CC1)OC2. The van der Waals surface area contributed by atoms with Gasteiger partial charge in [0.2, 0.25) is 11.7 Å². The minimum atomic E-state index is -4.54. The number of carbonyl (C=O) groups is 2. The molecule has 0 saturated carbocycles. The molecule has 0 radical (unpaired) electrons. The topological polar surface area (TPSA) is 164 Å². The van der Waals surface area contributed by atoms with Crippen molar-refractivity contribution < 1.29 is 37.7 Å². The van der Waals surface area contributed by atoms with Gasteiger partial charge in [0.05, 0.1) is 29.5 Å². The summed E-state index contributed by atoms with van der Waals surface area (Å²) in [4.78, 5) is 51.2. The van der Waals surface area contributed by atoms with Gasteiger partial charge < -0.3 is 29.7 Å². The Morgan fingerprint density at radius 3 is 2.47 bits per heavy atom. The first kappa shape index (κ1) is 33.9. The molecule has 3 N–H and O–H groups in total. The Morgan fingerprint density at radius 1 is 1.10 bits per heavy atom. The molecule has 3 aromatic heterocycles. The minimum absolute atomic E-state index is 0.0477. The summed E-state index contributed by atoms with van der Waals surface area (Å²) in [5.74, 6) is -1.07. The molecule has 1 fully saturated rings. The number of aromatic hydroxyl groups is 1. The highest BCUT2D eigenvalue weighted by Crippen LogP contribution is 2.43. The zero-order valence-electron chi connectivity index (χ0n) is 27.4. The van der Waals surface area contributed by atoms with Crippen LogP contribution in [-0.2, 0) is 34.5 Å². The summed E-state index contributed by atoms with van der Waals surface area (Å²) in [6, 6.07) is 12.7. The normalized spacial score (nSPS) is 16.0. The van der Waals surface area contributed by atoms with E-state index in [1.165, 1.54) is 40.8 Å². The minimum Gasteiger partial charge on any atom is -0.505 e. The molecule has 1 atom stereocenters. The molecule has 1 saturated heterocycles. The lowest BCUT2D eigenvalue weighted by molar-refractivity contribution is -0.137. The second kappa shape index (κ2) is 12.6. The van der Waals surface area contributed by atoms with E-state index in [4.69, 9.17) is 4.74 Å². The Labute approximate surface area is 288 Å².